The third-order valence-electron chi connectivity index (χ3n) is 8.47. The topological polar surface area (TPSA) is 0 Å². The molecule has 0 bridgehead atoms. The standard InChI is InChI=1S/C38H45F3/c1-3-5-7-9-10-11-13-28-15-17-30(18-16-28)34-25-24-33(27-36(34)39)29-19-21-31(22-20-29)35-26-23-32(37(40)38(35)41)14-12-8-6-4-2/h6,8,17,19-28H,3-5,7,9-16,18H2,1-2H3/b8-6+. The molecule has 0 nitrogen and oxygen atoms in total. The fourth-order valence-electron chi connectivity index (χ4n) is 5.93. The molecule has 0 heterocycles. The van der Waals surface area contributed by atoms with Crippen LogP contribution in [0.3, 0.4) is 0 Å². The van der Waals surface area contributed by atoms with Crippen LogP contribution >= 0.6 is 0 Å². The van der Waals surface area contributed by atoms with E-state index in [-0.39, 0.29) is 11.4 Å². The van der Waals surface area contributed by atoms with Crippen molar-refractivity contribution in [2.75, 3.05) is 0 Å². The summed E-state index contributed by atoms with van der Waals surface area (Å²) in [5, 5.41) is 0. The van der Waals surface area contributed by atoms with E-state index < -0.39 is 11.6 Å². The smallest absolute Gasteiger partial charge is 0.166 e. The molecule has 0 aliphatic heterocycles. The van der Waals surface area contributed by atoms with E-state index in [2.05, 4.69) is 13.0 Å². The summed E-state index contributed by atoms with van der Waals surface area (Å²) < 4.78 is 44.9. The fraction of sp³-hybridized carbons (Fsp3) is 0.421. The third-order valence-corrected chi connectivity index (χ3v) is 8.47. The monoisotopic (exact) mass is 558 g/mol. The first-order chi connectivity index (χ1) is 20.0. The molecule has 0 radical (unpaired) electrons. The molecule has 41 heavy (non-hydrogen) atoms. The summed E-state index contributed by atoms with van der Waals surface area (Å²) in [6.45, 7) is 4.30. The second kappa shape index (κ2) is 15.8. The summed E-state index contributed by atoms with van der Waals surface area (Å²) in [5.41, 5.74) is 4.66. The largest absolute Gasteiger partial charge is 0.206 e. The average molecular weight is 559 g/mol. The van der Waals surface area contributed by atoms with Crippen LogP contribution < -0.4 is 0 Å². The lowest BCUT2D eigenvalue weighted by Crippen LogP contribution is -2.06. The zero-order valence-electron chi connectivity index (χ0n) is 24.8. The number of unbranched alkanes of at least 4 members (excludes halogenated alkanes) is 5. The molecule has 1 aliphatic rings. The Morgan fingerprint density at radius 3 is 2.15 bits per heavy atom. The molecule has 0 fully saturated rings. The van der Waals surface area contributed by atoms with Gasteiger partial charge in [-0.2, -0.15) is 0 Å². The number of hydrogen-bond donors (Lipinski definition) is 0. The molecule has 1 atom stereocenters. The Morgan fingerprint density at radius 2 is 1.44 bits per heavy atom. The Hall–Kier alpha value is -3.07. The van der Waals surface area contributed by atoms with E-state index in [1.807, 2.05) is 43.3 Å². The molecule has 3 heteroatoms. The minimum atomic E-state index is -0.819. The predicted octanol–water partition coefficient (Wildman–Crippen LogP) is 12.3. The molecule has 3 aromatic carbocycles. The van der Waals surface area contributed by atoms with Gasteiger partial charge in [0.2, 0.25) is 0 Å². The van der Waals surface area contributed by atoms with Crippen LogP contribution in [-0.4, -0.2) is 0 Å². The molecule has 0 spiro atoms. The van der Waals surface area contributed by atoms with Crippen LogP contribution in [-0.2, 0) is 6.42 Å². The highest BCUT2D eigenvalue weighted by molar-refractivity contribution is 5.74. The molecule has 0 aromatic heterocycles. The van der Waals surface area contributed by atoms with Crippen molar-refractivity contribution in [1.29, 1.82) is 0 Å². The Bertz CT molecular complexity index is 1320. The number of aryl methyl sites for hydroxylation is 1. The van der Waals surface area contributed by atoms with Crippen molar-refractivity contribution in [3.8, 4) is 22.3 Å². The zero-order valence-corrected chi connectivity index (χ0v) is 24.8. The molecule has 0 N–H and O–H groups in total. The van der Waals surface area contributed by atoms with Crippen molar-refractivity contribution >= 4 is 5.57 Å². The average Bonchev–Trinajstić information content (AvgIpc) is 3.00. The summed E-state index contributed by atoms with van der Waals surface area (Å²) >= 11 is 0. The normalized spacial score (nSPS) is 15.4. The first kappa shape index (κ1) is 30.9. The molecule has 4 rings (SSSR count). The lowest BCUT2D eigenvalue weighted by molar-refractivity contribution is 0.422. The van der Waals surface area contributed by atoms with Gasteiger partial charge in [-0.15, -0.1) is 0 Å². The first-order valence-corrected chi connectivity index (χ1v) is 15.7. The number of benzene rings is 3. The van der Waals surface area contributed by atoms with Gasteiger partial charge in [-0.25, -0.2) is 13.2 Å². The van der Waals surface area contributed by atoms with Gasteiger partial charge in [0.05, 0.1) is 0 Å². The van der Waals surface area contributed by atoms with Crippen molar-refractivity contribution in [3.63, 3.8) is 0 Å². The van der Waals surface area contributed by atoms with E-state index in [9.17, 15) is 8.78 Å². The highest BCUT2D eigenvalue weighted by Gasteiger charge is 2.18. The fourth-order valence-corrected chi connectivity index (χ4v) is 5.93. The van der Waals surface area contributed by atoms with Gasteiger partial charge in [0.25, 0.3) is 0 Å². The van der Waals surface area contributed by atoms with Crippen LogP contribution in [0.2, 0.25) is 0 Å². The minimum Gasteiger partial charge on any atom is -0.206 e. The quantitative estimate of drug-likeness (QED) is 0.136. The van der Waals surface area contributed by atoms with Gasteiger partial charge in [0.15, 0.2) is 11.6 Å². The summed E-state index contributed by atoms with van der Waals surface area (Å²) in [6.07, 6.45) is 20.7. The summed E-state index contributed by atoms with van der Waals surface area (Å²) in [4.78, 5) is 0. The van der Waals surface area contributed by atoms with Crippen molar-refractivity contribution < 1.29 is 13.2 Å². The maximum absolute atomic E-state index is 15.2. The lowest BCUT2D eigenvalue weighted by Gasteiger charge is -2.22. The molecule has 0 amide bonds. The molecule has 0 saturated heterocycles. The Morgan fingerprint density at radius 1 is 0.732 bits per heavy atom. The van der Waals surface area contributed by atoms with Gasteiger partial charge in [-0.1, -0.05) is 126 Å². The van der Waals surface area contributed by atoms with Crippen LogP contribution in [0.25, 0.3) is 27.8 Å². The lowest BCUT2D eigenvalue weighted by atomic mass is 9.83. The highest BCUT2D eigenvalue weighted by atomic mass is 19.2. The maximum atomic E-state index is 15.2. The van der Waals surface area contributed by atoms with Crippen LogP contribution in [0, 0.1) is 23.4 Å². The first-order valence-electron chi connectivity index (χ1n) is 15.7. The maximum Gasteiger partial charge on any atom is 0.166 e. The number of halogens is 3. The summed E-state index contributed by atoms with van der Waals surface area (Å²) in [7, 11) is 0. The van der Waals surface area contributed by atoms with Gasteiger partial charge in [-0.05, 0) is 78.3 Å². The SMILES string of the molecule is CC/C=C/CCc1ccc(-c2ccc(-c3ccc(C4=CCC(CCCCCCCC)CC4)c(F)c3)cc2)c(F)c1F. The van der Waals surface area contributed by atoms with Crippen molar-refractivity contribution in [2.45, 2.75) is 97.3 Å². The zero-order chi connectivity index (χ0) is 29.0. The van der Waals surface area contributed by atoms with Crippen molar-refractivity contribution in [2.24, 2.45) is 5.92 Å². The van der Waals surface area contributed by atoms with Gasteiger partial charge in [-0.3, -0.25) is 0 Å². The van der Waals surface area contributed by atoms with Gasteiger partial charge in [0.1, 0.15) is 5.82 Å². The molecular formula is C38H45F3. The van der Waals surface area contributed by atoms with Crippen LogP contribution in [0.1, 0.15) is 102 Å². The molecule has 1 unspecified atom stereocenters. The summed E-state index contributed by atoms with van der Waals surface area (Å²) in [6, 6.07) is 16.0. The van der Waals surface area contributed by atoms with E-state index in [1.165, 1.54) is 44.9 Å². The van der Waals surface area contributed by atoms with Crippen molar-refractivity contribution in [1.82, 2.24) is 0 Å². The molecular weight excluding hydrogens is 513 g/mol. The van der Waals surface area contributed by atoms with Crippen LogP contribution in [0.5, 0.6) is 0 Å². The van der Waals surface area contributed by atoms with E-state index >= 15 is 4.39 Å². The van der Waals surface area contributed by atoms with Crippen LogP contribution in [0.15, 0.2) is 72.8 Å². The van der Waals surface area contributed by atoms with Crippen molar-refractivity contribution in [3.05, 3.63) is 101 Å². The number of hydrogen-bond acceptors (Lipinski definition) is 0. The van der Waals surface area contributed by atoms with E-state index in [0.717, 1.165) is 48.3 Å². The van der Waals surface area contributed by atoms with Gasteiger partial charge in [0, 0.05) is 11.1 Å². The molecule has 0 saturated carbocycles. The van der Waals surface area contributed by atoms with Gasteiger partial charge < -0.3 is 0 Å². The van der Waals surface area contributed by atoms with E-state index in [4.69, 9.17) is 0 Å². The Balaban J connectivity index is 1.37. The van der Waals surface area contributed by atoms with Gasteiger partial charge >= 0.3 is 0 Å². The Labute approximate surface area is 245 Å². The second-order valence-corrected chi connectivity index (χ2v) is 11.5. The number of rotatable bonds is 14. The van der Waals surface area contributed by atoms with E-state index in [1.54, 1.807) is 30.3 Å². The molecule has 3 aromatic rings. The number of allylic oxidation sites excluding steroid dienone is 4. The molecule has 218 valence electrons. The molecule has 1 aliphatic carbocycles. The van der Waals surface area contributed by atoms with E-state index in [0.29, 0.717) is 29.5 Å². The second-order valence-electron chi connectivity index (χ2n) is 11.5. The van der Waals surface area contributed by atoms with Crippen LogP contribution in [0.4, 0.5) is 13.2 Å². The highest BCUT2D eigenvalue weighted by Crippen LogP contribution is 2.36. The third kappa shape index (κ3) is 8.47. The summed E-state index contributed by atoms with van der Waals surface area (Å²) in [5.74, 6) is -1.08. The predicted molar refractivity (Wildman–Crippen MR) is 168 cm³/mol. The Kier molecular flexibility index (Phi) is 11.9. The minimum absolute atomic E-state index is 0.204.